The van der Waals surface area contributed by atoms with Crippen molar-refractivity contribution in [1.82, 2.24) is 9.55 Å². The molecule has 0 radical (unpaired) electrons. The molecule has 10 heteroatoms. The molecule has 3 N–H and O–H groups in total. The second-order valence-corrected chi connectivity index (χ2v) is 7.46. The molecule has 0 atom stereocenters. The molecule has 3 aromatic rings. The summed E-state index contributed by atoms with van der Waals surface area (Å²) < 4.78 is 20.9. The summed E-state index contributed by atoms with van der Waals surface area (Å²) in [6.45, 7) is 0.474. The molecule has 2 aromatic carbocycles. The zero-order chi connectivity index (χ0) is 22.4. The lowest BCUT2D eigenvalue weighted by Crippen LogP contribution is -2.36. The van der Waals surface area contributed by atoms with E-state index in [0.29, 0.717) is 4.47 Å². The lowest BCUT2D eigenvalue weighted by atomic mass is 10.2. The molecule has 1 aromatic heterocycles. The van der Waals surface area contributed by atoms with Crippen molar-refractivity contribution in [3.8, 4) is 0 Å². The number of anilines is 2. The fraction of sp³-hybridized carbons (Fsp3) is 0.190. The lowest BCUT2D eigenvalue weighted by Gasteiger charge is -2.18. The molecule has 1 amide bonds. The predicted molar refractivity (Wildman–Crippen MR) is 119 cm³/mol. The molecule has 3 rings (SSSR count). The molecule has 0 saturated heterocycles. The summed E-state index contributed by atoms with van der Waals surface area (Å²) in [6, 6.07) is 13.2. The number of nitrogens with zero attached hydrogens (tertiary/aromatic N) is 1. The number of rotatable bonds is 8. The van der Waals surface area contributed by atoms with Crippen LogP contribution in [-0.4, -0.2) is 29.2 Å². The van der Waals surface area contributed by atoms with Crippen molar-refractivity contribution >= 4 is 33.3 Å². The number of benzene rings is 2. The van der Waals surface area contributed by atoms with E-state index in [1.807, 2.05) is 30.3 Å². The molecule has 0 fully saturated rings. The molecule has 8 nitrogen and oxygen atoms in total. The maximum Gasteiger partial charge on any atom is 0.330 e. The van der Waals surface area contributed by atoms with Crippen molar-refractivity contribution in [1.29, 1.82) is 0 Å². The molecule has 0 aliphatic carbocycles. The minimum Gasteiger partial charge on any atom is -0.383 e. The molecular formula is C21H20BrFN4O4. The molecule has 31 heavy (non-hydrogen) atoms. The molecular weight excluding hydrogens is 471 g/mol. The largest absolute Gasteiger partial charge is 0.383 e. The number of methoxy groups -OCH3 is 1. The van der Waals surface area contributed by atoms with E-state index < -0.39 is 23.0 Å². The molecule has 0 aliphatic heterocycles. The average molecular weight is 491 g/mol. The first-order chi connectivity index (χ1) is 14.9. The Kier molecular flexibility index (Phi) is 7.37. The van der Waals surface area contributed by atoms with Gasteiger partial charge in [0.25, 0.3) is 11.5 Å². The minimum atomic E-state index is -0.808. The summed E-state index contributed by atoms with van der Waals surface area (Å²) >= 11 is 3.20. The highest BCUT2D eigenvalue weighted by Gasteiger charge is 2.20. The Bertz CT molecular complexity index is 1190. The number of halogens is 2. The maximum absolute atomic E-state index is 14.2. The van der Waals surface area contributed by atoms with Crippen LogP contribution in [-0.2, 0) is 17.8 Å². The fourth-order valence-electron chi connectivity index (χ4n) is 2.89. The van der Waals surface area contributed by atoms with Gasteiger partial charge in [-0.25, -0.2) is 9.18 Å². The van der Waals surface area contributed by atoms with E-state index in [1.54, 1.807) is 0 Å². The quantitative estimate of drug-likeness (QED) is 0.450. The maximum atomic E-state index is 14.2. The first-order valence-corrected chi connectivity index (χ1v) is 10.1. The number of aromatic nitrogens is 2. The first-order valence-electron chi connectivity index (χ1n) is 9.31. The Morgan fingerprint density at radius 1 is 1.19 bits per heavy atom. The number of H-pyrrole nitrogens is 1. The summed E-state index contributed by atoms with van der Waals surface area (Å²) in [6.07, 6.45) is 0. The Morgan fingerprint density at radius 2 is 1.94 bits per heavy atom. The van der Waals surface area contributed by atoms with Gasteiger partial charge in [-0.1, -0.05) is 46.3 Å². The third kappa shape index (κ3) is 5.47. The zero-order valence-corrected chi connectivity index (χ0v) is 18.2. The molecule has 0 unspecified atom stereocenters. The highest BCUT2D eigenvalue weighted by molar-refractivity contribution is 9.10. The number of ether oxygens (including phenoxy) is 1. The van der Waals surface area contributed by atoms with Gasteiger partial charge in [0.05, 0.1) is 18.7 Å². The van der Waals surface area contributed by atoms with Gasteiger partial charge in [0.2, 0.25) is 0 Å². The van der Waals surface area contributed by atoms with Gasteiger partial charge in [0, 0.05) is 18.1 Å². The molecule has 1 heterocycles. The van der Waals surface area contributed by atoms with Crippen LogP contribution in [0, 0.1) is 5.82 Å². The van der Waals surface area contributed by atoms with Crippen LogP contribution >= 0.6 is 15.9 Å². The van der Waals surface area contributed by atoms with E-state index in [9.17, 15) is 18.8 Å². The van der Waals surface area contributed by atoms with Crippen LogP contribution in [0.25, 0.3) is 0 Å². The standard InChI is InChI=1S/C21H20BrFN4O4/c1-31-10-9-27-18(25-19(28)15-11-14(22)7-8-16(15)23)17(20(29)26-21(27)30)24-12-13-5-3-2-4-6-13/h2-8,11,24H,9-10,12H2,1H3,(H,25,28)(H,26,29,30). The number of nitrogens with one attached hydrogen (secondary N) is 3. The smallest absolute Gasteiger partial charge is 0.330 e. The monoisotopic (exact) mass is 490 g/mol. The van der Waals surface area contributed by atoms with Gasteiger partial charge in [-0.3, -0.25) is 19.1 Å². The summed E-state index contributed by atoms with van der Waals surface area (Å²) in [5.41, 5.74) is -0.818. The van der Waals surface area contributed by atoms with Gasteiger partial charge in [-0.15, -0.1) is 0 Å². The van der Waals surface area contributed by atoms with Gasteiger partial charge >= 0.3 is 5.69 Å². The SMILES string of the molecule is COCCn1c(NC(=O)c2cc(Br)ccc2F)c(NCc2ccccc2)c(=O)[nH]c1=O. The summed E-state index contributed by atoms with van der Waals surface area (Å²) in [5.74, 6) is -1.63. The van der Waals surface area contributed by atoms with Crippen molar-refractivity contribution in [2.24, 2.45) is 0 Å². The lowest BCUT2D eigenvalue weighted by molar-refractivity contribution is 0.102. The third-order valence-corrected chi connectivity index (χ3v) is 4.93. The van der Waals surface area contributed by atoms with E-state index in [1.165, 1.54) is 19.2 Å². The number of carbonyl (C=O) groups is 1. The van der Waals surface area contributed by atoms with Crippen LogP contribution in [0.2, 0.25) is 0 Å². The van der Waals surface area contributed by atoms with Crippen molar-refractivity contribution in [2.45, 2.75) is 13.1 Å². The van der Waals surface area contributed by atoms with Crippen LogP contribution < -0.4 is 21.9 Å². The Labute approximate surface area is 185 Å². The van der Waals surface area contributed by atoms with Crippen LogP contribution in [0.5, 0.6) is 0 Å². The first kappa shape index (κ1) is 22.4. The van der Waals surface area contributed by atoms with Gasteiger partial charge in [-0.05, 0) is 23.8 Å². The van der Waals surface area contributed by atoms with Crippen molar-refractivity contribution in [3.63, 3.8) is 0 Å². The number of hydrogen-bond acceptors (Lipinski definition) is 5. The van der Waals surface area contributed by atoms with E-state index >= 15 is 0 Å². The summed E-state index contributed by atoms with van der Waals surface area (Å²) in [7, 11) is 1.46. The van der Waals surface area contributed by atoms with Crippen LogP contribution in [0.1, 0.15) is 15.9 Å². The van der Waals surface area contributed by atoms with Crippen molar-refractivity contribution in [3.05, 3.63) is 90.8 Å². The average Bonchev–Trinajstić information content (AvgIpc) is 2.75. The van der Waals surface area contributed by atoms with E-state index in [0.717, 1.165) is 16.2 Å². The number of aromatic amines is 1. The van der Waals surface area contributed by atoms with Crippen molar-refractivity contribution in [2.75, 3.05) is 24.4 Å². The van der Waals surface area contributed by atoms with E-state index in [2.05, 4.69) is 31.5 Å². The number of carbonyl (C=O) groups excluding carboxylic acids is 1. The second kappa shape index (κ2) is 10.2. The molecule has 0 spiro atoms. The van der Waals surface area contributed by atoms with Gasteiger partial charge in [0.1, 0.15) is 17.3 Å². The van der Waals surface area contributed by atoms with E-state index in [-0.39, 0.29) is 36.8 Å². The summed E-state index contributed by atoms with van der Waals surface area (Å²) in [5, 5.41) is 5.48. The topological polar surface area (TPSA) is 105 Å². The third-order valence-electron chi connectivity index (χ3n) is 4.44. The molecule has 0 saturated carbocycles. The van der Waals surface area contributed by atoms with Crippen LogP contribution in [0.4, 0.5) is 15.9 Å². The van der Waals surface area contributed by atoms with Gasteiger partial charge in [-0.2, -0.15) is 0 Å². The zero-order valence-electron chi connectivity index (χ0n) is 16.6. The minimum absolute atomic E-state index is 0.0247. The number of hydrogen-bond donors (Lipinski definition) is 3. The van der Waals surface area contributed by atoms with Crippen LogP contribution in [0.15, 0.2) is 62.6 Å². The molecule has 0 bridgehead atoms. The fourth-order valence-corrected chi connectivity index (χ4v) is 3.25. The Balaban J connectivity index is 2.03. The molecule has 0 aliphatic rings. The Morgan fingerprint density at radius 3 is 2.65 bits per heavy atom. The highest BCUT2D eigenvalue weighted by atomic mass is 79.9. The van der Waals surface area contributed by atoms with E-state index in [4.69, 9.17) is 4.74 Å². The van der Waals surface area contributed by atoms with Gasteiger partial charge in [0.15, 0.2) is 0 Å². The predicted octanol–water partition coefficient (Wildman–Crippen LogP) is 2.95. The normalized spacial score (nSPS) is 10.7. The second-order valence-electron chi connectivity index (χ2n) is 6.54. The summed E-state index contributed by atoms with van der Waals surface area (Å²) in [4.78, 5) is 40.0. The van der Waals surface area contributed by atoms with Crippen LogP contribution in [0.3, 0.4) is 0 Å². The van der Waals surface area contributed by atoms with Crippen molar-refractivity contribution < 1.29 is 13.9 Å². The number of amides is 1. The van der Waals surface area contributed by atoms with Gasteiger partial charge < -0.3 is 15.4 Å². The molecule has 162 valence electrons. The Hall–Kier alpha value is -3.24. The highest BCUT2D eigenvalue weighted by Crippen LogP contribution is 2.20.